The molecule has 0 aromatic carbocycles. The Bertz CT molecular complexity index is 319. The van der Waals surface area contributed by atoms with E-state index in [0.717, 1.165) is 44.9 Å². The number of hydrogen-bond donors (Lipinski definition) is 2. The van der Waals surface area contributed by atoms with Crippen LogP contribution in [0.2, 0.25) is 0 Å². The number of hydrogen-bond acceptors (Lipinski definition) is 3. The van der Waals surface area contributed by atoms with E-state index in [-0.39, 0.29) is 18.0 Å². The zero-order valence-electron chi connectivity index (χ0n) is 16.4. The third kappa shape index (κ3) is 12.5. The summed E-state index contributed by atoms with van der Waals surface area (Å²) in [6, 6.07) is -0.535. The number of unbranched alkanes of at least 4 members (excludes halogenated alkanes) is 6. The first kappa shape index (κ1) is 23.1. The maximum Gasteiger partial charge on any atom is 0.237 e. The van der Waals surface area contributed by atoms with Crippen molar-refractivity contribution >= 4 is 12.2 Å². The molecule has 0 aliphatic heterocycles. The van der Waals surface area contributed by atoms with Gasteiger partial charge in [0.05, 0.1) is 12.1 Å². The maximum absolute atomic E-state index is 12.5. The summed E-state index contributed by atoms with van der Waals surface area (Å²) < 4.78 is 0. The number of carbonyl (C=O) groups is 2. The van der Waals surface area contributed by atoms with Crippen LogP contribution in [0.3, 0.4) is 0 Å². The lowest BCUT2D eigenvalue weighted by molar-refractivity contribution is -0.126. The molecule has 0 fully saturated rings. The van der Waals surface area contributed by atoms with Crippen molar-refractivity contribution in [3.8, 4) is 0 Å². The van der Waals surface area contributed by atoms with Gasteiger partial charge in [-0.05, 0) is 31.7 Å². The van der Waals surface area contributed by atoms with Crippen molar-refractivity contribution in [1.82, 2.24) is 10.6 Å². The maximum atomic E-state index is 12.5. The van der Waals surface area contributed by atoms with Crippen molar-refractivity contribution in [2.45, 2.75) is 104 Å². The number of carbonyl (C=O) groups excluding carboxylic acids is 2. The van der Waals surface area contributed by atoms with Crippen LogP contribution < -0.4 is 10.6 Å². The lowest BCUT2D eigenvalue weighted by atomic mass is 10.0. The fourth-order valence-corrected chi connectivity index (χ4v) is 2.82. The second-order valence-corrected chi connectivity index (χ2v) is 7.30. The first-order valence-corrected chi connectivity index (χ1v) is 10.0. The van der Waals surface area contributed by atoms with E-state index in [1.54, 1.807) is 0 Å². The predicted molar refractivity (Wildman–Crippen MR) is 102 cm³/mol. The standard InChI is InChI=1S/C20H40N2O2/c1-5-7-9-10-11-12-14-21-19(15-17(3)4)20(24)22-18(16-23)13-8-6-2/h16-19,21H,5-15H2,1-4H3,(H,22,24)/t18-,19-/m0/s1. The number of nitrogens with one attached hydrogen (secondary N) is 2. The van der Waals surface area contributed by atoms with Gasteiger partial charge < -0.3 is 15.4 Å². The highest BCUT2D eigenvalue weighted by Crippen LogP contribution is 2.08. The largest absolute Gasteiger partial charge is 0.345 e. The molecule has 0 aromatic rings. The normalized spacial score (nSPS) is 13.7. The SMILES string of the molecule is CCCCCCCCN[C@@H](CC(C)C)C(=O)N[C@H](C=O)CCCC. The van der Waals surface area contributed by atoms with E-state index in [0.29, 0.717) is 5.92 Å². The van der Waals surface area contributed by atoms with Gasteiger partial charge in [0.15, 0.2) is 0 Å². The molecular formula is C20H40N2O2. The molecule has 0 aliphatic carbocycles. The Balaban J connectivity index is 4.22. The van der Waals surface area contributed by atoms with Crippen molar-refractivity contribution in [2.24, 2.45) is 5.92 Å². The second kappa shape index (κ2) is 15.6. The van der Waals surface area contributed by atoms with E-state index in [2.05, 4.69) is 38.3 Å². The Hall–Kier alpha value is -0.900. The van der Waals surface area contributed by atoms with Crippen molar-refractivity contribution in [3.63, 3.8) is 0 Å². The van der Waals surface area contributed by atoms with Gasteiger partial charge in [0.2, 0.25) is 5.91 Å². The minimum Gasteiger partial charge on any atom is -0.345 e. The Kier molecular flexibility index (Phi) is 15.0. The summed E-state index contributed by atoms with van der Waals surface area (Å²) in [6.45, 7) is 9.44. The zero-order chi connectivity index (χ0) is 18.2. The minimum atomic E-state index is -0.344. The van der Waals surface area contributed by atoms with Crippen LogP contribution in [0.4, 0.5) is 0 Å². The molecule has 2 N–H and O–H groups in total. The van der Waals surface area contributed by atoms with Gasteiger partial charge in [0.25, 0.3) is 0 Å². The molecule has 0 radical (unpaired) electrons. The van der Waals surface area contributed by atoms with Crippen LogP contribution >= 0.6 is 0 Å². The van der Waals surface area contributed by atoms with Crippen molar-refractivity contribution in [2.75, 3.05) is 6.54 Å². The van der Waals surface area contributed by atoms with Crippen LogP contribution in [-0.4, -0.2) is 30.8 Å². The van der Waals surface area contributed by atoms with Crippen molar-refractivity contribution < 1.29 is 9.59 Å². The number of aldehydes is 1. The van der Waals surface area contributed by atoms with E-state index in [1.807, 2.05) is 0 Å². The molecule has 1 amide bonds. The second-order valence-electron chi connectivity index (χ2n) is 7.30. The lowest BCUT2D eigenvalue weighted by Crippen LogP contribution is -2.49. The summed E-state index contributed by atoms with van der Waals surface area (Å²) in [5, 5.41) is 6.31. The molecular weight excluding hydrogens is 300 g/mol. The van der Waals surface area contributed by atoms with Gasteiger partial charge in [-0.25, -0.2) is 0 Å². The third-order valence-electron chi connectivity index (χ3n) is 4.31. The average molecular weight is 341 g/mol. The summed E-state index contributed by atoms with van der Waals surface area (Å²) in [7, 11) is 0. The lowest BCUT2D eigenvalue weighted by Gasteiger charge is -2.22. The average Bonchev–Trinajstić information content (AvgIpc) is 2.56. The molecule has 0 heterocycles. The third-order valence-corrected chi connectivity index (χ3v) is 4.31. The molecule has 0 unspecified atom stereocenters. The fourth-order valence-electron chi connectivity index (χ4n) is 2.82. The van der Waals surface area contributed by atoms with E-state index in [4.69, 9.17) is 0 Å². The summed E-state index contributed by atoms with van der Waals surface area (Å²) in [5.41, 5.74) is 0. The number of rotatable bonds is 16. The van der Waals surface area contributed by atoms with Crippen LogP contribution in [0.15, 0.2) is 0 Å². The molecule has 0 aliphatic rings. The monoisotopic (exact) mass is 340 g/mol. The summed E-state index contributed by atoms with van der Waals surface area (Å²) >= 11 is 0. The molecule has 0 spiro atoms. The summed E-state index contributed by atoms with van der Waals surface area (Å²) in [6.07, 6.45) is 11.9. The molecule has 0 saturated carbocycles. The highest BCUT2D eigenvalue weighted by atomic mass is 16.2. The Morgan fingerprint density at radius 1 is 0.958 bits per heavy atom. The Morgan fingerprint density at radius 2 is 1.58 bits per heavy atom. The first-order valence-electron chi connectivity index (χ1n) is 10.0. The van der Waals surface area contributed by atoms with E-state index in [9.17, 15) is 9.59 Å². The number of amides is 1. The highest BCUT2D eigenvalue weighted by molar-refractivity contribution is 5.84. The van der Waals surface area contributed by atoms with Crippen molar-refractivity contribution in [3.05, 3.63) is 0 Å². The molecule has 4 heteroatoms. The summed E-state index contributed by atoms with van der Waals surface area (Å²) in [5.74, 6) is 0.422. The van der Waals surface area contributed by atoms with Gasteiger partial charge in [-0.15, -0.1) is 0 Å². The van der Waals surface area contributed by atoms with Gasteiger partial charge >= 0.3 is 0 Å². The van der Waals surface area contributed by atoms with E-state index in [1.165, 1.54) is 32.1 Å². The van der Waals surface area contributed by atoms with Gasteiger partial charge in [-0.3, -0.25) is 4.79 Å². The molecule has 0 rings (SSSR count). The van der Waals surface area contributed by atoms with Crippen LogP contribution in [0.5, 0.6) is 0 Å². The van der Waals surface area contributed by atoms with Gasteiger partial charge in [0, 0.05) is 0 Å². The van der Waals surface area contributed by atoms with Gasteiger partial charge in [-0.2, -0.15) is 0 Å². The molecule has 0 bridgehead atoms. The minimum absolute atomic E-state index is 0.0251. The molecule has 2 atom stereocenters. The zero-order valence-corrected chi connectivity index (χ0v) is 16.4. The van der Waals surface area contributed by atoms with Crippen LogP contribution in [-0.2, 0) is 9.59 Å². The van der Waals surface area contributed by atoms with Crippen molar-refractivity contribution in [1.29, 1.82) is 0 Å². The highest BCUT2D eigenvalue weighted by Gasteiger charge is 2.21. The van der Waals surface area contributed by atoms with Gasteiger partial charge in [-0.1, -0.05) is 72.6 Å². The first-order chi connectivity index (χ1) is 11.5. The Morgan fingerprint density at radius 3 is 2.17 bits per heavy atom. The fraction of sp³-hybridized carbons (Fsp3) is 0.900. The molecule has 24 heavy (non-hydrogen) atoms. The predicted octanol–water partition coefficient (Wildman–Crippen LogP) is 4.23. The van der Waals surface area contributed by atoms with Crippen LogP contribution in [0, 0.1) is 5.92 Å². The Labute approximate surface area is 149 Å². The molecule has 142 valence electrons. The van der Waals surface area contributed by atoms with Crippen LogP contribution in [0.25, 0.3) is 0 Å². The van der Waals surface area contributed by atoms with E-state index < -0.39 is 0 Å². The molecule has 0 saturated heterocycles. The topological polar surface area (TPSA) is 58.2 Å². The molecule has 0 aromatic heterocycles. The van der Waals surface area contributed by atoms with Gasteiger partial charge in [0.1, 0.15) is 6.29 Å². The summed E-state index contributed by atoms with van der Waals surface area (Å²) in [4.78, 5) is 23.6. The smallest absolute Gasteiger partial charge is 0.237 e. The quantitative estimate of drug-likeness (QED) is 0.327. The molecule has 4 nitrogen and oxygen atoms in total. The van der Waals surface area contributed by atoms with E-state index >= 15 is 0 Å². The van der Waals surface area contributed by atoms with Crippen LogP contribution in [0.1, 0.15) is 91.9 Å².